The maximum Gasteiger partial charge on any atom is 0.256 e. The summed E-state index contributed by atoms with van der Waals surface area (Å²) in [7, 11) is -3.17. The Bertz CT molecular complexity index is 1200. The molecule has 0 bridgehead atoms. The van der Waals surface area contributed by atoms with Gasteiger partial charge in [-0.1, -0.05) is 36.4 Å². The Morgan fingerprint density at radius 3 is 2.80 bits per heavy atom. The lowest BCUT2D eigenvalue weighted by molar-refractivity contribution is 0.102. The quantitative estimate of drug-likeness (QED) is 0.675. The number of nitrogens with one attached hydrogen (secondary N) is 1. The van der Waals surface area contributed by atoms with Gasteiger partial charge < -0.3 is 5.32 Å². The summed E-state index contributed by atoms with van der Waals surface area (Å²) in [5.41, 5.74) is 4.48. The number of sulfone groups is 1. The van der Waals surface area contributed by atoms with E-state index in [1.807, 2.05) is 17.7 Å². The summed E-state index contributed by atoms with van der Waals surface area (Å²) in [5.74, 6) is 0.304. The summed E-state index contributed by atoms with van der Waals surface area (Å²) in [4.78, 5) is 13.0. The summed E-state index contributed by atoms with van der Waals surface area (Å²) >= 11 is 0. The Kier molecular flexibility index (Phi) is 5.47. The smallest absolute Gasteiger partial charge is 0.256 e. The fraction of sp³-hybridized carbons (Fsp3) is 0.304. The molecule has 1 heterocycles. The van der Waals surface area contributed by atoms with Crippen molar-refractivity contribution in [3.05, 3.63) is 82.5 Å². The van der Waals surface area contributed by atoms with Crippen molar-refractivity contribution in [1.29, 1.82) is 0 Å². The van der Waals surface area contributed by atoms with Crippen LogP contribution in [0.4, 0.5) is 5.82 Å². The molecular weight excluding hydrogens is 398 g/mol. The molecule has 1 unspecified atom stereocenters. The minimum atomic E-state index is -3.17. The van der Waals surface area contributed by atoms with Crippen LogP contribution in [0.3, 0.4) is 0 Å². The van der Waals surface area contributed by atoms with E-state index >= 15 is 0 Å². The Morgan fingerprint density at radius 1 is 1.20 bits per heavy atom. The maximum absolute atomic E-state index is 13.0. The van der Waals surface area contributed by atoms with Crippen LogP contribution in [0.15, 0.2) is 54.7 Å². The molecule has 156 valence electrons. The van der Waals surface area contributed by atoms with Crippen molar-refractivity contribution in [3.63, 3.8) is 0 Å². The second-order valence-corrected chi connectivity index (χ2v) is 10.1. The third-order valence-corrected chi connectivity index (χ3v) is 6.32. The average molecular weight is 424 g/mol. The van der Waals surface area contributed by atoms with Gasteiger partial charge in [-0.3, -0.25) is 4.79 Å². The molecule has 7 heteroatoms. The first-order valence-corrected chi connectivity index (χ1v) is 12.1. The molecule has 30 heavy (non-hydrogen) atoms. The molecule has 0 radical (unpaired) electrons. The number of carbonyl (C=O) groups is 1. The van der Waals surface area contributed by atoms with E-state index in [1.54, 1.807) is 30.5 Å². The number of aryl methyl sites for hydroxylation is 2. The minimum Gasteiger partial charge on any atom is -0.307 e. The predicted molar refractivity (Wildman–Crippen MR) is 117 cm³/mol. The monoisotopic (exact) mass is 423 g/mol. The van der Waals surface area contributed by atoms with Crippen LogP contribution in [0, 0.1) is 6.92 Å². The van der Waals surface area contributed by atoms with Crippen LogP contribution in [0.25, 0.3) is 0 Å². The van der Waals surface area contributed by atoms with E-state index in [-0.39, 0.29) is 17.7 Å². The van der Waals surface area contributed by atoms with Crippen molar-refractivity contribution in [2.24, 2.45) is 0 Å². The molecule has 1 aliphatic rings. The fourth-order valence-electron chi connectivity index (χ4n) is 4.11. The van der Waals surface area contributed by atoms with Crippen molar-refractivity contribution in [1.82, 2.24) is 9.78 Å². The highest BCUT2D eigenvalue weighted by Gasteiger charge is 2.25. The first-order chi connectivity index (χ1) is 14.3. The number of benzene rings is 2. The SMILES string of the molecule is Cc1cnn(C2CCCc3ccccc32)c1NC(=O)c1cccc(CS(C)(=O)=O)c1. The van der Waals surface area contributed by atoms with E-state index in [2.05, 4.69) is 28.6 Å². The fourth-order valence-corrected chi connectivity index (χ4v) is 4.89. The molecule has 1 N–H and O–H groups in total. The first kappa shape index (κ1) is 20.3. The number of fused-ring (bicyclic) bond motifs is 1. The standard InChI is InChI=1S/C23H25N3O3S/c1-16-14-24-26(21-12-6-9-18-8-3-4-11-20(18)21)22(16)25-23(27)19-10-5-7-17(13-19)15-30(2,28)29/h3-5,7-8,10-11,13-14,21H,6,9,12,15H2,1-2H3,(H,25,27). The van der Waals surface area contributed by atoms with Crippen LogP contribution in [0.5, 0.6) is 0 Å². The Balaban J connectivity index is 1.62. The number of anilines is 1. The molecule has 0 saturated heterocycles. The summed E-state index contributed by atoms with van der Waals surface area (Å²) in [6, 6.07) is 15.2. The molecule has 1 aliphatic carbocycles. The molecule has 1 amide bonds. The third-order valence-electron chi connectivity index (χ3n) is 5.46. The Morgan fingerprint density at radius 2 is 2.00 bits per heavy atom. The molecule has 6 nitrogen and oxygen atoms in total. The zero-order valence-corrected chi connectivity index (χ0v) is 17.9. The number of aromatic nitrogens is 2. The van der Waals surface area contributed by atoms with Gasteiger partial charge in [-0.25, -0.2) is 13.1 Å². The topological polar surface area (TPSA) is 81.1 Å². The van der Waals surface area contributed by atoms with Gasteiger partial charge in [0.15, 0.2) is 9.84 Å². The van der Waals surface area contributed by atoms with Crippen LogP contribution in [-0.4, -0.2) is 30.4 Å². The summed E-state index contributed by atoms with van der Waals surface area (Å²) in [6.07, 6.45) is 6.05. The number of hydrogen-bond donors (Lipinski definition) is 1. The number of nitrogens with zero attached hydrogens (tertiary/aromatic N) is 2. The van der Waals surface area contributed by atoms with Gasteiger partial charge in [0.2, 0.25) is 0 Å². The van der Waals surface area contributed by atoms with Crippen molar-refractivity contribution < 1.29 is 13.2 Å². The molecule has 3 aromatic rings. The van der Waals surface area contributed by atoms with Gasteiger partial charge in [0.1, 0.15) is 5.82 Å². The molecule has 2 aromatic carbocycles. The molecular formula is C23H25N3O3S. The largest absolute Gasteiger partial charge is 0.307 e. The predicted octanol–water partition coefficient (Wildman–Crippen LogP) is 3.91. The Hall–Kier alpha value is -2.93. The van der Waals surface area contributed by atoms with E-state index < -0.39 is 9.84 Å². The van der Waals surface area contributed by atoms with Crippen LogP contribution in [0.2, 0.25) is 0 Å². The maximum atomic E-state index is 13.0. The van der Waals surface area contributed by atoms with Gasteiger partial charge in [-0.15, -0.1) is 0 Å². The highest BCUT2D eigenvalue weighted by Crippen LogP contribution is 2.35. The normalized spacial score (nSPS) is 16.1. The zero-order valence-electron chi connectivity index (χ0n) is 17.1. The molecule has 0 spiro atoms. The van der Waals surface area contributed by atoms with Gasteiger partial charge in [-0.2, -0.15) is 5.10 Å². The Labute approximate surface area is 176 Å². The van der Waals surface area contributed by atoms with E-state index in [4.69, 9.17) is 0 Å². The van der Waals surface area contributed by atoms with Crippen LogP contribution in [-0.2, 0) is 22.0 Å². The van der Waals surface area contributed by atoms with Gasteiger partial charge in [0, 0.05) is 17.4 Å². The van der Waals surface area contributed by atoms with E-state index in [0.717, 1.165) is 24.8 Å². The number of carbonyl (C=O) groups excluding carboxylic acids is 1. The van der Waals surface area contributed by atoms with Crippen LogP contribution < -0.4 is 5.32 Å². The van der Waals surface area contributed by atoms with E-state index in [0.29, 0.717) is 16.9 Å². The highest BCUT2D eigenvalue weighted by molar-refractivity contribution is 7.89. The van der Waals surface area contributed by atoms with Gasteiger partial charge >= 0.3 is 0 Å². The average Bonchev–Trinajstić information content (AvgIpc) is 3.06. The summed E-state index contributed by atoms with van der Waals surface area (Å²) in [5, 5.41) is 7.58. The lowest BCUT2D eigenvalue weighted by atomic mass is 9.88. The van der Waals surface area contributed by atoms with Crippen molar-refractivity contribution >= 4 is 21.6 Å². The van der Waals surface area contributed by atoms with Gasteiger partial charge in [0.05, 0.1) is 18.0 Å². The summed E-state index contributed by atoms with van der Waals surface area (Å²) in [6.45, 7) is 1.92. The first-order valence-electron chi connectivity index (χ1n) is 10.0. The van der Waals surface area contributed by atoms with E-state index in [1.165, 1.54) is 17.4 Å². The molecule has 4 rings (SSSR count). The van der Waals surface area contributed by atoms with Crippen LogP contribution >= 0.6 is 0 Å². The number of amides is 1. The lowest BCUT2D eigenvalue weighted by Gasteiger charge is -2.27. The minimum absolute atomic E-state index is 0.0792. The second-order valence-electron chi connectivity index (χ2n) is 7.95. The van der Waals surface area contributed by atoms with E-state index in [9.17, 15) is 13.2 Å². The highest BCUT2D eigenvalue weighted by atomic mass is 32.2. The molecule has 0 aliphatic heterocycles. The van der Waals surface area contributed by atoms with Gasteiger partial charge in [0.25, 0.3) is 5.91 Å². The second kappa shape index (κ2) is 8.07. The third kappa shape index (κ3) is 4.31. The van der Waals surface area contributed by atoms with Crippen molar-refractivity contribution in [2.45, 2.75) is 38.0 Å². The molecule has 1 atom stereocenters. The zero-order chi connectivity index (χ0) is 21.3. The molecule has 1 aromatic heterocycles. The van der Waals surface area contributed by atoms with Gasteiger partial charge in [-0.05, 0) is 55.0 Å². The lowest BCUT2D eigenvalue weighted by Crippen LogP contribution is -2.22. The summed E-state index contributed by atoms with van der Waals surface area (Å²) < 4.78 is 25.1. The number of rotatable bonds is 5. The van der Waals surface area contributed by atoms with Crippen molar-refractivity contribution in [3.8, 4) is 0 Å². The van der Waals surface area contributed by atoms with Crippen molar-refractivity contribution in [2.75, 3.05) is 11.6 Å². The molecule has 0 fully saturated rings. The number of hydrogen-bond acceptors (Lipinski definition) is 4. The molecule has 0 saturated carbocycles. The van der Waals surface area contributed by atoms with Crippen LogP contribution in [0.1, 0.15) is 51.5 Å².